The summed E-state index contributed by atoms with van der Waals surface area (Å²) in [5, 5.41) is 23.8. The Morgan fingerprint density at radius 3 is 0.782 bits per heavy atom. The van der Waals surface area contributed by atoms with Crippen LogP contribution in [0.4, 0.5) is 5.69 Å². The summed E-state index contributed by atoms with van der Waals surface area (Å²) in [6, 6.07) is 145. The van der Waals surface area contributed by atoms with E-state index in [2.05, 4.69) is 387 Å². The number of fused-ring (bicyclic) bond motifs is 1. The molecule has 0 atom stereocenters. The van der Waals surface area contributed by atoms with Gasteiger partial charge in [0.2, 0.25) is 0 Å². The SMILES string of the molecule is COc1ccc(C=C2C(=O)Nc3ccccc32)cc1-c1ccsc1.[Pd].c1ccc(P(c2ccccc2)c2ccccc2)cc1.c1ccc(P(c2ccccc2)c2ccccc2)cc1.c1ccc(P(c2ccccc2)c2ccccc2)cc1.c1ccc(P(c2ccccc2)c2ccccc2)cc1. The Morgan fingerprint density at radius 2 is 0.545 bits per heavy atom. The van der Waals surface area contributed by atoms with E-state index in [1.165, 1.54) is 63.7 Å². The zero-order valence-electron chi connectivity index (χ0n) is 55.8. The van der Waals surface area contributed by atoms with Crippen LogP contribution in [-0.2, 0) is 25.2 Å². The molecular weight excluding hydrogens is 1410 g/mol. The number of rotatable bonds is 15. The van der Waals surface area contributed by atoms with Gasteiger partial charge in [-0.3, -0.25) is 4.79 Å². The van der Waals surface area contributed by atoms with E-state index in [4.69, 9.17) is 4.74 Å². The van der Waals surface area contributed by atoms with Gasteiger partial charge in [-0.15, -0.1) is 0 Å². The molecule has 14 aromatic carbocycles. The average Bonchev–Trinajstić information content (AvgIpc) is 1.70. The van der Waals surface area contributed by atoms with E-state index in [1.807, 2.05) is 47.9 Å². The molecule has 1 aliphatic rings. The third kappa shape index (κ3) is 20.0. The molecule has 0 bridgehead atoms. The molecule has 16 rings (SSSR count). The topological polar surface area (TPSA) is 38.3 Å². The van der Waals surface area contributed by atoms with E-state index in [-0.39, 0.29) is 26.3 Å². The molecule has 496 valence electrons. The molecule has 0 aliphatic carbocycles. The Kier molecular flexibility index (Phi) is 27.7. The zero-order valence-corrected chi connectivity index (χ0v) is 61.8. The minimum atomic E-state index is -0.446. The van der Waals surface area contributed by atoms with E-state index >= 15 is 0 Å². The second kappa shape index (κ2) is 38.7. The second-order valence-corrected chi connectivity index (χ2v) is 32.6. The smallest absolute Gasteiger partial charge is 0.256 e. The molecule has 9 heteroatoms. The number of ether oxygens (including phenoxy) is 1. The molecule has 3 nitrogen and oxygen atoms in total. The summed E-state index contributed by atoms with van der Waals surface area (Å²) >= 11 is 1.65. The van der Waals surface area contributed by atoms with Crippen molar-refractivity contribution in [3.63, 3.8) is 0 Å². The number of amides is 1. The van der Waals surface area contributed by atoms with Gasteiger partial charge in [0.25, 0.3) is 5.91 Å². The zero-order chi connectivity index (χ0) is 68.2. The van der Waals surface area contributed by atoms with Crippen molar-refractivity contribution < 1.29 is 30.0 Å². The molecule has 0 fully saturated rings. The van der Waals surface area contributed by atoms with Crippen molar-refractivity contribution in [3.05, 3.63) is 434 Å². The molecule has 1 amide bonds. The van der Waals surface area contributed by atoms with Crippen LogP contribution in [-0.4, -0.2) is 13.0 Å². The fraction of sp³-hybridized carbons (Fsp3) is 0.0109. The first kappa shape index (κ1) is 72.4. The van der Waals surface area contributed by atoms with Crippen LogP contribution in [0.15, 0.2) is 423 Å². The fourth-order valence-electron chi connectivity index (χ4n) is 11.6. The van der Waals surface area contributed by atoms with E-state index < -0.39 is 31.7 Å². The maximum Gasteiger partial charge on any atom is 0.256 e. The third-order valence-corrected chi connectivity index (χ3v) is 26.7. The van der Waals surface area contributed by atoms with Gasteiger partial charge < -0.3 is 10.1 Å². The Balaban J connectivity index is 0.000000127. The van der Waals surface area contributed by atoms with Crippen molar-refractivity contribution in [1.82, 2.24) is 0 Å². The quantitative estimate of drug-likeness (QED) is 0.0631. The van der Waals surface area contributed by atoms with Gasteiger partial charge in [-0.05, 0) is 148 Å². The molecule has 1 aliphatic heterocycles. The number of anilines is 1. The summed E-state index contributed by atoms with van der Waals surface area (Å²) < 4.78 is 5.48. The Hall–Kier alpha value is -9.83. The molecule has 0 unspecified atom stereocenters. The van der Waals surface area contributed by atoms with Gasteiger partial charge >= 0.3 is 0 Å². The van der Waals surface area contributed by atoms with Crippen LogP contribution in [0.1, 0.15) is 11.1 Å². The number of carbonyl (C=O) groups excluding carboxylic acids is 1. The summed E-state index contributed by atoms with van der Waals surface area (Å²) in [4.78, 5) is 12.3. The average molecular weight is 1490 g/mol. The summed E-state index contributed by atoms with van der Waals surface area (Å²) in [7, 11) is -0.113. The molecule has 0 spiro atoms. The monoisotopic (exact) mass is 1490 g/mol. The molecule has 0 saturated carbocycles. The van der Waals surface area contributed by atoms with E-state index in [0.717, 1.165) is 33.7 Å². The van der Waals surface area contributed by atoms with Crippen molar-refractivity contribution in [2.75, 3.05) is 12.4 Å². The van der Waals surface area contributed by atoms with Crippen LogP contribution in [0.3, 0.4) is 0 Å². The molecule has 15 aromatic rings. The Labute approximate surface area is 618 Å². The number of para-hydroxylation sites is 1. The Bertz CT molecular complexity index is 4040. The minimum absolute atomic E-state index is 0. The molecule has 1 aromatic heterocycles. The van der Waals surface area contributed by atoms with Crippen molar-refractivity contribution in [2.45, 2.75) is 0 Å². The summed E-state index contributed by atoms with van der Waals surface area (Å²) in [6.07, 6.45) is 1.93. The summed E-state index contributed by atoms with van der Waals surface area (Å²) in [5.41, 5.74) is 5.61. The molecule has 0 saturated heterocycles. The van der Waals surface area contributed by atoms with Gasteiger partial charge in [-0.1, -0.05) is 388 Å². The molecular formula is C92H75NO2P4PdS. The Morgan fingerprint density at radius 1 is 0.297 bits per heavy atom. The standard InChI is InChI=1S/C20H15NO2S.4C18H15P.Pd/c1-23-19-7-6-13(10-16(19)14-8-9-24-12-14)11-17-15-4-2-3-5-18(15)21-20(17)22;4*1-4-10-16(11-5-1)19(17-12-6-2-7-13-17)18-14-8-3-9-15-18;/h2-12H,1H3,(H,21,22);4*1-15H;. The van der Waals surface area contributed by atoms with Crippen molar-refractivity contribution in [3.8, 4) is 16.9 Å². The van der Waals surface area contributed by atoms with Crippen molar-refractivity contribution >= 4 is 130 Å². The largest absolute Gasteiger partial charge is 0.496 e. The first-order valence-electron chi connectivity index (χ1n) is 33.2. The summed E-state index contributed by atoms with van der Waals surface area (Å²) in [6.45, 7) is 0. The maximum atomic E-state index is 12.3. The number of hydrogen-bond acceptors (Lipinski definition) is 3. The maximum absolute atomic E-state index is 12.3. The van der Waals surface area contributed by atoms with Gasteiger partial charge in [-0.2, -0.15) is 11.3 Å². The fourth-order valence-corrected chi connectivity index (χ4v) is 21.5. The van der Waals surface area contributed by atoms with Crippen LogP contribution in [0.5, 0.6) is 5.75 Å². The van der Waals surface area contributed by atoms with Gasteiger partial charge in [0.1, 0.15) is 5.75 Å². The number of benzene rings is 14. The predicted molar refractivity (Wildman–Crippen MR) is 440 cm³/mol. The second-order valence-electron chi connectivity index (χ2n) is 22.9. The van der Waals surface area contributed by atoms with Gasteiger partial charge in [0, 0.05) is 42.8 Å². The molecule has 101 heavy (non-hydrogen) atoms. The molecule has 2 heterocycles. The molecule has 1 N–H and O–H groups in total. The van der Waals surface area contributed by atoms with Crippen molar-refractivity contribution in [2.24, 2.45) is 0 Å². The van der Waals surface area contributed by atoms with Crippen LogP contribution in [0.2, 0.25) is 0 Å². The van der Waals surface area contributed by atoms with Crippen molar-refractivity contribution in [1.29, 1.82) is 0 Å². The first-order valence-corrected chi connectivity index (χ1v) is 39.5. The van der Waals surface area contributed by atoms with Crippen LogP contribution in [0, 0.1) is 0 Å². The van der Waals surface area contributed by atoms with Crippen LogP contribution >= 0.6 is 43.0 Å². The number of carbonyl (C=O) groups is 1. The first-order chi connectivity index (χ1) is 49.6. The number of hydrogen-bond donors (Lipinski definition) is 1. The predicted octanol–water partition coefficient (Wildman–Crippen LogP) is 18.7. The van der Waals surface area contributed by atoms with Crippen LogP contribution in [0.25, 0.3) is 22.8 Å². The number of thiophene rings is 1. The van der Waals surface area contributed by atoms with E-state index in [1.54, 1.807) is 18.4 Å². The minimum Gasteiger partial charge on any atom is -0.496 e. The van der Waals surface area contributed by atoms with E-state index in [9.17, 15) is 4.79 Å². The van der Waals surface area contributed by atoms with Gasteiger partial charge in [0.15, 0.2) is 0 Å². The number of methoxy groups -OCH3 is 1. The van der Waals surface area contributed by atoms with Gasteiger partial charge in [0.05, 0.1) is 7.11 Å². The van der Waals surface area contributed by atoms with Crippen LogP contribution < -0.4 is 73.7 Å². The third-order valence-electron chi connectivity index (χ3n) is 16.2. The summed E-state index contributed by atoms with van der Waals surface area (Å²) in [5.74, 6) is 0.760. The molecule has 0 radical (unpaired) electrons. The van der Waals surface area contributed by atoms with E-state index in [0.29, 0.717) is 5.57 Å². The normalized spacial score (nSPS) is 11.4. The van der Waals surface area contributed by atoms with Gasteiger partial charge in [-0.25, -0.2) is 0 Å². The number of nitrogens with one attached hydrogen (secondary N) is 1.